The van der Waals surface area contributed by atoms with Crippen molar-refractivity contribution in [2.75, 3.05) is 11.1 Å². The molecule has 2 nitrogen and oxygen atoms in total. The highest BCUT2D eigenvalue weighted by Gasteiger charge is 2.03. The largest absolute Gasteiger partial charge is 0.399 e. The molecule has 0 bridgehead atoms. The summed E-state index contributed by atoms with van der Waals surface area (Å²) in [5, 5.41) is 3.48. The molecule has 14 heavy (non-hydrogen) atoms. The van der Waals surface area contributed by atoms with Gasteiger partial charge < -0.3 is 11.1 Å². The second kappa shape index (κ2) is 4.89. The highest BCUT2D eigenvalue weighted by molar-refractivity contribution is 5.57. The molecule has 0 fully saturated rings. The zero-order chi connectivity index (χ0) is 10.6. The van der Waals surface area contributed by atoms with Crippen molar-refractivity contribution in [1.29, 1.82) is 0 Å². The summed E-state index contributed by atoms with van der Waals surface area (Å²) in [7, 11) is 0. The highest BCUT2D eigenvalue weighted by atomic mass is 14.9. The van der Waals surface area contributed by atoms with Gasteiger partial charge in [-0.1, -0.05) is 13.8 Å². The van der Waals surface area contributed by atoms with Crippen LogP contribution in [0.1, 0.15) is 32.3 Å². The SMILES string of the molecule is CCC(CC)Nc1cc(C)cc(N)c1. The van der Waals surface area contributed by atoms with Gasteiger partial charge in [0, 0.05) is 17.4 Å². The average Bonchev–Trinajstić information content (AvgIpc) is 2.12. The minimum absolute atomic E-state index is 0.552. The van der Waals surface area contributed by atoms with E-state index in [2.05, 4.69) is 32.2 Å². The van der Waals surface area contributed by atoms with Crippen LogP contribution in [0.5, 0.6) is 0 Å². The summed E-state index contributed by atoms with van der Waals surface area (Å²) in [4.78, 5) is 0. The smallest absolute Gasteiger partial charge is 0.0365 e. The molecule has 0 spiro atoms. The Hall–Kier alpha value is -1.18. The van der Waals surface area contributed by atoms with Gasteiger partial charge in [-0.3, -0.25) is 0 Å². The lowest BCUT2D eigenvalue weighted by atomic mass is 10.1. The Morgan fingerprint density at radius 2 is 1.86 bits per heavy atom. The summed E-state index contributed by atoms with van der Waals surface area (Å²) >= 11 is 0. The molecule has 0 aliphatic rings. The maximum absolute atomic E-state index is 5.78. The van der Waals surface area contributed by atoms with E-state index in [0.717, 1.165) is 24.2 Å². The molecular formula is C12H20N2. The van der Waals surface area contributed by atoms with Crippen LogP contribution in [-0.2, 0) is 0 Å². The summed E-state index contributed by atoms with van der Waals surface area (Å²) in [5.74, 6) is 0. The second-order valence-electron chi connectivity index (χ2n) is 3.79. The zero-order valence-electron chi connectivity index (χ0n) is 9.30. The number of hydrogen-bond acceptors (Lipinski definition) is 2. The van der Waals surface area contributed by atoms with E-state index in [1.54, 1.807) is 0 Å². The molecule has 0 aromatic heterocycles. The fourth-order valence-corrected chi connectivity index (χ4v) is 1.62. The van der Waals surface area contributed by atoms with Gasteiger partial charge in [-0.15, -0.1) is 0 Å². The molecule has 0 saturated heterocycles. The predicted molar refractivity (Wildman–Crippen MR) is 63.6 cm³/mol. The zero-order valence-corrected chi connectivity index (χ0v) is 9.30. The molecule has 2 heteroatoms. The first-order chi connectivity index (χ1) is 6.65. The molecule has 0 atom stereocenters. The van der Waals surface area contributed by atoms with E-state index in [4.69, 9.17) is 5.73 Å². The third-order valence-corrected chi connectivity index (χ3v) is 2.46. The van der Waals surface area contributed by atoms with Gasteiger partial charge in [-0.25, -0.2) is 0 Å². The van der Waals surface area contributed by atoms with Gasteiger partial charge in [0.1, 0.15) is 0 Å². The van der Waals surface area contributed by atoms with Gasteiger partial charge >= 0.3 is 0 Å². The van der Waals surface area contributed by atoms with E-state index in [1.807, 2.05) is 12.1 Å². The van der Waals surface area contributed by atoms with Gasteiger partial charge in [0.05, 0.1) is 0 Å². The van der Waals surface area contributed by atoms with E-state index in [1.165, 1.54) is 5.56 Å². The van der Waals surface area contributed by atoms with E-state index in [9.17, 15) is 0 Å². The van der Waals surface area contributed by atoms with Gasteiger partial charge in [0.25, 0.3) is 0 Å². The molecular weight excluding hydrogens is 172 g/mol. The fourth-order valence-electron chi connectivity index (χ4n) is 1.62. The fraction of sp³-hybridized carbons (Fsp3) is 0.500. The van der Waals surface area contributed by atoms with Crippen molar-refractivity contribution in [2.45, 2.75) is 39.7 Å². The molecule has 0 amide bonds. The monoisotopic (exact) mass is 192 g/mol. The molecule has 1 aromatic carbocycles. The summed E-state index contributed by atoms with van der Waals surface area (Å²) in [6.45, 7) is 6.45. The lowest BCUT2D eigenvalue weighted by Crippen LogP contribution is -2.17. The number of nitrogen functional groups attached to an aromatic ring is 1. The molecule has 0 saturated carbocycles. The first-order valence-electron chi connectivity index (χ1n) is 5.29. The number of anilines is 2. The molecule has 0 aliphatic heterocycles. The van der Waals surface area contributed by atoms with Gasteiger partial charge in [0.2, 0.25) is 0 Å². The van der Waals surface area contributed by atoms with Crippen molar-refractivity contribution in [2.24, 2.45) is 0 Å². The topological polar surface area (TPSA) is 38.0 Å². The quantitative estimate of drug-likeness (QED) is 0.719. The first kappa shape index (κ1) is 10.9. The third kappa shape index (κ3) is 2.95. The van der Waals surface area contributed by atoms with Crippen LogP contribution in [0, 0.1) is 6.92 Å². The standard InChI is InChI=1S/C12H20N2/c1-4-11(5-2)14-12-7-9(3)6-10(13)8-12/h6-8,11,14H,4-5,13H2,1-3H3. The van der Waals surface area contributed by atoms with E-state index < -0.39 is 0 Å². The number of rotatable bonds is 4. The normalized spacial score (nSPS) is 10.6. The minimum Gasteiger partial charge on any atom is -0.399 e. The number of benzene rings is 1. The number of nitrogens with two attached hydrogens (primary N) is 1. The van der Waals surface area contributed by atoms with Crippen molar-refractivity contribution in [1.82, 2.24) is 0 Å². The Kier molecular flexibility index (Phi) is 3.81. The number of hydrogen-bond donors (Lipinski definition) is 2. The Morgan fingerprint density at radius 1 is 1.21 bits per heavy atom. The van der Waals surface area contributed by atoms with E-state index >= 15 is 0 Å². The first-order valence-corrected chi connectivity index (χ1v) is 5.29. The van der Waals surface area contributed by atoms with Crippen LogP contribution in [0.15, 0.2) is 18.2 Å². The second-order valence-corrected chi connectivity index (χ2v) is 3.79. The van der Waals surface area contributed by atoms with E-state index in [0.29, 0.717) is 6.04 Å². The maximum Gasteiger partial charge on any atom is 0.0365 e. The molecule has 3 N–H and O–H groups in total. The van der Waals surface area contributed by atoms with Crippen LogP contribution in [-0.4, -0.2) is 6.04 Å². The van der Waals surface area contributed by atoms with Crippen LogP contribution >= 0.6 is 0 Å². The Morgan fingerprint density at radius 3 is 2.36 bits per heavy atom. The molecule has 1 rings (SSSR count). The Labute approximate surface area is 86.5 Å². The molecule has 1 aromatic rings. The Bertz CT molecular complexity index is 270. The lowest BCUT2D eigenvalue weighted by molar-refractivity contribution is 0.672. The molecule has 0 heterocycles. The lowest BCUT2D eigenvalue weighted by Gasteiger charge is -2.16. The average molecular weight is 192 g/mol. The number of aryl methyl sites for hydroxylation is 1. The van der Waals surface area contributed by atoms with Crippen LogP contribution in [0.2, 0.25) is 0 Å². The van der Waals surface area contributed by atoms with Gasteiger partial charge in [-0.05, 0) is 43.5 Å². The van der Waals surface area contributed by atoms with Crippen molar-refractivity contribution < 1.29 is 0 Å². The van der Waals surface area contributed by atoms with Crippen LogP contribution in [0.3, 0.4) is 0 Å². The van der Waals surface area contributed by atoms with Crippen molar-refractivity contribution in [3.8, 4) is 0 Å². The summed E-state index contributed by atoms with van der Waals surface area (Å²) in [6.07, 6.45) is 2.29. The van der Waals surface area contributed by atoms with E-state index in [-0.39, 0.29) is 0 Å². The van der Waals surface area contributed by atoms with Crippen LogP contribution in [0.25, 0.3) is 0 Å². The Balaban J connectivity index is 2.75. The van der Waals surface area contributed by atoms with Gasteiger partial charge in [-0.2, -0.15) is 0 Å². The number of nitrogens with one attached hydrogen (secondary N) is 1. The van der Waals surface area contributed by atoms with Crippen LogP contribution in [0.4, 0.5) is 11.4 Å². The van der Waals surface area contributed by atoms with Crippen LogP contribution < -0.4 is 11.1 Å². The predicted octanol–water partition coefficient (Wildman–Crippen LogP) is 3.18. The van der Waals surface area contributed by atoms with Crippen molar-refractivity contribution in [3.05, 3.63) is 23.8 Å². The molecule has 78 valence electrons. The maximum atomic E-state index is 5.78. The summed E-state index contributed by atoms with van der Waals surface area (Å²) in [6, 6.07) is 6.66. The third-order valence-electron chi connectivity index (χ3n) is 2.46. The van der Waals surface area contributed by atoms with Crippen molar-refractivity contribution >= 4 is 11.4 Å². The van der Waals surface area contributed by atoms with Crippen molar-refractivity contribution in [3.63, 3.8) is 0 Å². The molecule has 0 radical (unpaired) electrons. The highest BCUT2D eigenvalue weighted by Crippen LogP contribution is 2.18. The summed E-state index contributed by atoms with van der Waals surface area (Å²) < 4.78 is 0. The minimum atomic E-state index is 0.552. The molecule has 0 unspecified atom stereocenters. The summed E-state index contributed by atoms with van der Waals surface area (Å²) in [5.41, 5.74) is 8.95. The molecule has 0 aliphatic carbocycles. The van der Waals surface area contributed by atoms with Gasteiger partial charge in [0.15, 0.2) is 0 Å².